The van der Waals surface area contributed by atoms with Crippen molar-refractivity contribution >= 4 is 50.3 Å². The van der Waals surface area contributed by atoms with Crippen molar-refractivity contribution in [3.63, 3.8) is 0 Å². The van der Waals surface area contributed by atoms with E-state index in [1.807, 2.05) is 54.8 Å². The number of thiophene rings is 1. The van der Waals surface area contributed by atoms with Crippen molar-refractivity contribution in [2.75, 3.05) is 0 Å². The summed E-state index contributed by atoms with van der Waals surface area (Å²) in [5, 5.41) is 7.29. The molecule has 2 aromatic carbocycles. The molecule has 2 heterocycles. The molecule has 4 aromatic rings. The Morgan fingerprint density at radius 2 is 2.00 bits per heavy atom. The van der Waals surface area contributed by atoms with E-state index in [-0.39, 0.29) is 5.91 Å². The molecular weight excluding hydrogens is 384 g/mol. The summed E-state index contributed by atoms with van der Waals surface area (Å²) in [6.07, 6.45) is 0. The van der Waals surface area contributed by atoms with E-state index in [0.717, 1.165) is 31.9 Å². The number of hydrogen-bond donors (Lipinski definition) is 1. The summed E-state index contributed by atoms with van der Waals surface area (Å²) in [4.78, 5) is 17.7. The van der Waals surface area contributed by atoms with Crippen LogP contribution in [0, 0.1) is 6.92 Å². The van der Waals surface area contributed by atoms with Crippen molar-refractivity contribution in [3.8, 4) is 10.6 Å². The molecule has 0 radical (unpaired) electrons. The van der Waals surface area contributed by atoms with Crippen molar-refractivity contribution in [1.82, 2.24) is 10.3 Å². The molecule has 0 aliphatic heterocycles. The molecule has 0 fully saturated rings. The van der Waals surface area contributed by atoms with Gasteiger partial charge in [0.25, 0.3) is 5.91 Å². The lowest BCUT2D eigenvalue weighted by Crippen LogP contribution is -2.22. The highest BCUT2D eigenvalue weighted by Crippen LogP contribution is 2.35. The van der Waals surface area contributed by atoms with Gasteiger partial charge in [0.05, 0.1) is 17.3 Å². The van der Waals surface area contributed by atoms with E-state index in [4.69, 9.17) is 11.6 Å². The van der Waals surface area contributed by atoms with E-state index in [9.17, 15) is 4.79 Å². The van der Waals surface area contributed by atoms with Gasteiger partial charge in [-0.1, -0.05) is 54.1 Å². The van der Waals surface area contributed by atoms with Gasteiger partial charge >= 0.3 is 0 Å². The van der Waals surface area contributed by atoms with Crippen LogP contribution in [0.25, 0.3) is 20.7 Å². The zero-order chi connectivity index (χ0) is 18.1. The smallest absolute Gasteiger partial charge is 0.263 e. The summed E-state index contributed by atoms with van der Waals surface area (Å²) in [5.74, 6) is -0.164. The van der Waals surface area contributed by atoms with E-state index in [1.54, 1.807) is 11.3 Å². The van der Waals surface area contributed by atoms with Crippen molar-refractivity contribution in [3.05, 3.63) is 75.1 Å². The molecule has 3 nitrogen and oxygen atoms in total. The number of nitrogens with zero attached hydrogens (tertiary/aromatic N) is 1. The minimum Gasteiger partial charge on any atom is -0.346 e. The van der Waals surface area contributed by atoms with Crippen LogP contribution in [0.4, 0.5) is 0 Å². The van der Waals surface area contributed by atoms with E-state index < -0.39 is 0 Å². The lowest BCUT2D eigenvalue weighted by Gasteiger charge is -2.01. The Balaban J connectivity index is 1.49. The number of nitrogens with one attached hydrogen (secondary N) is 1. The van der Waals surface area contributed by atoms with Gasteiger partial charge in [0.2, 0.25) is 0 Å². The first kappa shape index (κ1) is 17.2. The molecule has 2 aromatic heterocycles. The summed E-state index contributed by atoms with van der Waals surface area (Å²) in [5.41, 5.74) is 3.08. The molecule has 6 heteroatoms. The van der Waals surface area contributed by atoms with Gasteiger partial charge in [0, 0.05) is 21.0 Å². The largest absolute Gasteiger partial charge is 0.346 e. The molecule has 130 valence electrons. The quantitative estimate of drug-likeness (QED) is 0.463. The zero-order valence-corrected chi connectivity index (χ0v) is 16.3. The number of aromatic nitrogens is 1. The van der Waals surface area contributed by atoms with Crippen molar-refractivity contribution in [1.29, 1.82) is 0 Å². The Labute approximate surface area is 164 Å². The van der Waals surface area contributed by atoms with Crippen molar-refractivity contribution < 1.29 is 4.79 Å². The monoisotopic (exact) mass is 398 g/mol. The first-order valence-electron chi connectivity index (χ1n) is 8.08. The Morgan fingerprint density at radius 3 is 2.81 bits per heavy atom. The van der Waals surface area contributed by atoms with E-state index in [2.05, 4.69) is 16.4 Å². The third-order valence-electron chi connectivity index (χ3n) is 3.99. The van der Waals surface area contributed by atoms with E-state index in [1.165, 1.54) is 11.3 Å². The molecule has 0 aliphatic carbocycles. The molecule has 0 aliphatic rings. The Kier molecular flexibility index (Phi) is 4.76. The van der Waals surface area contributed by atoms with Gasteiger partial charge in [-0.3, -0.25) is 4.79 Å². The Bertz CT molecular complexity index is 1090. The van der Waals surface area contributed by atoms with E-state index in [0.29, 0.717) is 16.4 Å². The lowest BCUT2D eigenvalue weighted by molar-refractivity contribution is 0.0954. The maximum atomic E-state index is 12.6. The zero-order valence-electron chi connectivity index (χ0n) is 14.0. The third-order valence-corrected chi connectivity index (χ3v) is 6.59. The Hall–Kier alpha value is -2.21. The highest BCUT2D eigenvalue weighted by atomic mass is 35.5. The van der Waals surface area contributed by atoms with Crippen LogP contribution in [0.15, 0.2) is 53.9 Å². The maximum Gasteiger partial charge on any atom is 0.263 e. The number of hydrogen-bond acceptors (Lipinski definition) is 4. The molecular formula is C20H15ClN2OS2. The van der Waals surface area contributed by atoms with Crippen LogP contribution < -0.4 is 5.32 Å². The summed E-state index contributed by atoms with van der Waals surface area (Å²) < 4.78 is 1.03. The summed E-state index contributed by atoms with van der Waals surface area (Å²) in [6.45, 7) is 2.41. The van der Waals surface area contributed by atoms with Crippen molar-refractivity contribution in [2.24, 2.45) is 0 Å². The number of fused-ring (bicyclic) bond motifs is 1. The van der Waals surface area contributed by atoms with Gasteiger partial charge in [-0.25, -0.2) is 4.98 Å². The second-order valence-electron chi connectivity index (χ2n) is 5.94. The molecule has 1 amide bonds. The molecule has 0 saturated carbocycles. The van der Waals surface area contributed by atoms with Crippen LogP contribution in [0.5, 0.6) is 0 Å². The Morgan fingerprint density at radius 1 is 1.19 bits per heavy atom. The van der Waals surface area contributed by atoms with Gasteiger partial charge in [0.15, 0.2) is 0 Å². The number of carbonyl (C=O) groups is 1. The first-order valence-corrected chi connectivity index (χ1v) is 10.2. The fourth-order valence-electron chi connectivity index (χ4n) is 2.67. The number of thiazole rings is 1. The molecule has 0 spiro atoms. The predicted molar refractivity (Wildman–Crippen MR) is 110 cm³/mol. The number of amides is 1. The molecule has 1 N–H and O–H groups in total. The summed E-state index contributed by atoms with van der Waals surface area (Å²) in [7, 11) is 0. The molecule has 0 unspecified atom stereocenters. The third kappa shape index (κ3) is 3.38. The molecule has 0 bridgehead atoms. The molecule has 0 atom stereocenters. The van der Waals surface area contributed by atoms with Gasteiger partial charge in [-0.2, -0.15) is 0 Å². The highest BCUT2D eigenvalue weighted by Gasteiger charge is 2.17. The normalized spacial score (nSPS) is 11.0. The minimum absolute atomic E-state index is 0.164. The highest BCUT2D eigenvalue weighted by molar-refractivity contribution is 7.21. The van der Waals surface area contributed by atoms with E-state index >= 15 is 0 Å². The molecule has 26 heavy (non-hydrogen) atoms. The van der Waals surface area contributed by atoms with Gasteiger partial charge in [-0.05, 0) is 18.6 Å². The molecule has 0 saturated heterocycles. The van der Waals surface area contributed by atoms with Gasteiger partial charge < -0.3 is 5.32 Å². The summed E-state index contributed by atoms with van der Waals surface area (Å²) >= 11 is 9.40. The fraction of sp³-hybridized carbons (Fsp3) is 0.100. The second kappa shape index (κ2) is 7.19. The summed E-state index contributed by atoms with van der Waals surface area (Å²) in [6, 6.07) is 16.0. The number of carbonyl (C=O) groups excluding carboxylic acids is 1. The number of aryl methyl sites for hydroxylation is 1. The average Bonchev–Trinajstić information content (AvgIpc) is 3.25. The first-order chi connectivity index (χ1) is 12.6. The average molecular weight is 399 g/mol. The maximum absolute atomic E-state index is 12.6. The number of rotatable bonds is 4. The van der Waals surface area contributed by atoms with Crippen LogP contribution >= 0.6 is 34.3 Å². The molecule has 4 rings (SSSR count). The van der Waals surface area contributed by atoms with Crippen molar-refractivity contribution in [2.45, 2.75) is 13.5 Å². The standard InChI is InChI=1S/C20H15ClN2OS2/c1-12-7-8-15-16(9-12)26-18(17(15)21)19(24)22-10-14-11-25-20(23-14)13-5-3-2-4-6-13/h2-9,11H,10H2,1H3,(H,22,24). The van der Waals surface area contributed by atoms with Crippen LogP contribution in [-0.2, 0) is 6.54 Å². The van der Waals surface area contributed by atoms with Crippen LogP contribution in [0.1, 0.15) is 20.9 Å². The van der Waals surface area contributed by atoms with Crippen LogP contribution in [0.3, 0.4) is 0 Å². The second-order valence-corrected chi connectivity index (χ2v) is 8.23. The number of benzene rings is 2. The predicted octanol–water partition coefficient (Wildman–Crippen LogP) is 5.92. The SMILES string of the molecule is Cc1ccc2c(Cl)c(C(=O)NCc3csc(-c4ccccc4)n3)sc2c1. The number of halogens is 1. The van der Waals surface area contributed by atoms with Crippen LogP contribution in [0.2, 0.25) is 5.02 Å². The fourth-order valence-corrected chi connectivity index (χ4v) is 5.03. The minimum atomic E-state index is -0.164. The van der Waals surface area contributed by atoms with Crippen LogP contribution in [-0.4, -0.2) is 10.9 Å². The van der Waals surface area contributed by atoms with Gasteiger partial charge in [-0.15, -0.1) is 22.7 Å². The van der Waals surface area contributed by atoms with Gasteiger partial charge in [0.1, 0.15) is 9.88 Å². The lowest BCUT2D eigenvalue weighted by atomic mass is 10.2. The topological polar surface area (TPSA) is 42.0 Å².